The number of nitrogens with zero attached hydrogens (tertiary/aromatic N) is 1. The molecule has 1 aliphatic heterocycles. The molecule has 1 aromatic rings. The van der Waals surface area contributed by atoms with Crippen molar-refractivity contribution < 1.29 is 9.53 Å². The van der Waals surface area contributed by atoms with Crippen LogP contribution >= 0.6 is 0 Å². The predicted octanol–water partition coefficient (Wildman–Crippen LogP) is 3.53. The lowest BCUT2D eigenvalue weighted by Crippen LogP contribution is -2.44. The van der Waals surface area contributed by atoms with Crippen LogP contribution in [0, 0.1) is 0 Å². The molecule has 2 atom stereocenters. The van der Waals surface area contributed by atoms with E-state index in [1.807, 2.05) is 12.1 Å². The van der Waals surface area contributed by atoms with Gasteiger partial charge in [0.25, 0.3) is 0 Å². The molecule has 110 valence electrons. The lowest BCUT2D eigenvalue weighted by atomic mass is 9.97. The summed E-state index contributed by atoms with van der Waals surface area (Å²) < 4.78 is 5.72. The van der Waals surface area contributed by atoms with E-state index < -0.39 is 0 Å². The molecule has 0 amide bonds. The van der Waals surface area contributed by atoms with Gasteiger partial charge in [0.1, 0.15) is 12.0 Å². The normalized spacial score (nSPS) is 23.5. The smallest absolute Gasteiger partial charge is 0.150 e. The second kappa shape index (κ2) is 7.44. The van der Waals surface area contributed by atoms with Gasteiger partial charge in [-0.05, 0) is 45.2 Å². The van der Waals surface area contributed by atoms with E-state index in [1.165, 1.54) is 19.3 Å². The number of carbonyl (C=O) groups excluding carboxylic acids is 1. The Hall–Kier alpha value is -1.35. The van der Waals surface area contributed by atoms with Crippen molar-refractivity contribution in [3.63, 3.8) is 0 Å². The zero-order chi connectivity index (χ0) is 14.4. The largest absolute Gasteiger partial charge is 0.494 e. The first-order valence-corrected chi connectivity index (χ1v) is 7.64. The lowest BCUT2D eigenvalue weighted by molar-refractivity contribution is 0.0960. The van der Waals surface area contributed by atoms with Crippen LogP contribution in [0.2, 0.25) is 0 Å². The molecule has 0 aliphatic carbocycles. The Morgan fingerprint density at radius 3 is 2.75 bits per heavy atom. The summed E-state index contributed by atoms with van der Waals surface area (Å²) in [7, 11) is 0. The summed E-state index contributed by atoms with van der Waals surface area (Å²) in [6.07, 6.45) is 5.86. The number of likely N-dealkylation sites (tertiary alicyclic amines) is 1. The molecule has 1 aromatic carbocycles. The quantitative estimate of drug-likeness (QED) is 0.587. The van der Waals surface area contributed by atoms with E-state index >= 15 is 0 Å². The van der Waals surface area contributed by atoms with Gasteiger partial charge in [-0.1, -0.05) is 18.6 Å². The number of rotatable bonds is 6. The van der Waals surface area contributed by atoms with Crippen LogP contribution in [0.25, 0.3) is 0 Å². The monoisotopic (exact) mass is 275 g/mol. The van der Waals surface area contributed by atoms with Crippen molar-refractivity contribution in [2.45, 2.75) is 51.6 Å². The molecule has 0 radical (unpaired) electrons. The van der Waals surface area contributed by atoms with E-state index in [4.69, 9.17) is 4.74 Å². The molecule has 1 aliphatic rings. The maximum Gasteiger partial charge on any atom is 0.150 e. The highest BCUT2D eigenvalue weighted by Gasteiger charge is 2.23. The van der Waals surface area contributed by atoms with Gasteiger partial charge in [-0.3, -0.25) is 9.69 Å². The minimum atomic E-state index is 0.667. The third-order valence-electron chi connectivity index (χ3n) is 4.20. The molecular formula is C17H25NO2. The molecule has 3 heteroatoms. The van der Waals surface area contributed by atoms with Crippen LogP contribution in [0.4, 0.5) is 0 Å². The molecule has 3 nitrogen and oxygen atoms in total. The zero-order valence-corrected chi connectivity index (χ0v) is 12.5. The predicted molar refractivity (Wildman–Crippen MR) is 81.4 cm³/mol. The van der Waals surface area contributed by atoms with E-state index in [1.54, 1.807) is 12.1 Å². The number of aldehydes is 1. The van der Waals surface area contributed by atoms with Gasteiger partial charge in [0, 0.05) is 24.2 Å². The molecule has 1 saturated heterocycles. The molecule has 0 spiro atoms. The summed E-state index contributed by atoms with van der Waals surface area (Å²) in [5.74, 6) is 0.786. The minimum absolute atomic E-state index is 0.667. The Kier molecular flexibility index (Phi) is 5.60. The van der Waals surface area contributed by atoms with E-state index in [0.717, 1.165) is 25.0 Å². The van der Waals surface area contributed by atoms with Gasteiger partial charge < -0.3 is 4.74 Å². The average molecular weight is 275 g/mol. The van der Waals surface area contributed by atoms with Crippen molar-refractivity contribution in [2.24, 2.45) is 0 Å². The van der Waals surface area contributed by atoms with Gasteiger partial charge in [0.15, 0.2) is 0 Å². The highest BCUT2D eigenvalue weighted by Crippen LogP contribution is 2.22. The van der Waals surface area contributed by atoms with Crippen molar-refractivity contribution in [1.82, 2.24) is 4.90 Å². The number of benzene rings is 1. The van der Waals surface area contributed by atoms with Crippen molar-refractivity contribution >= 4 is 6.29 Å². The standard InChI is InChI=1S/C17H25NO2/c1-14-6-3-7-15(2)18(14)10-5-11-20-17-9-4-8-16(12-17)13-19/h4,8-9,12-15H,3,5-7,10-11H2,1-2H3/t14-,15-/m1/s1. The van der Waals surface area contributed by atoms with Crippen LogP contribution in [0.1, 0.15) is 49.9 Å². The summed E-state index contributed by atoms with van der Waals surface area (Å²) in [5.41, 5.74) is 0.667. The molecule has 2 rings (SSSR count). The van der Waals surface area contributed by atoms with Crippen molar-refractivity contribution in [3.8, 4) is 5.75 Å². The van der Waals surface area contributed by atoms with Crippen molar-refractivity contribution in [2.75, 3.05) is 13.2 Å². The van der Waals surface area contributed by atoms with Gasteiger partial charge >= 0.3 is 0 Å². The number of hydrogen-bond donors (Lipinski definition) is 0. The highest BCUT2D eigenvalue weighted by molar-refractivity contribution is 5.75. The van der Waals surface area contributed by atoms with Crippen LogP contribution in [0.15, 0.2) is 24.3 Å². The van der Waals surface area contributed by atoms with Crippen LogP contribution in [0.3, 0.4) is 0 Å². The summed E-state index contributed by atoms with van der Waals surface area (Å²) in [6.45, 7) is 6.45. The molecule has 0 aromatic heterocycles. The van der Waals surface area contributed by atoms with Crippen LogP contribution in [-0.2, 0) is 0 Å². The van der Waals surface area contributed by atoms with E-state index in [0.29, 0.717) is 24.3 Å². The van der Waals surface area contributed by atoms with Crippen molar-refractivity contribution in [1.29, 1.82) is 0 Å². The third kappa shape index (κ3) is 4.07. The molecule has 0 bridgehead atoms. The van der Waals surface area contributed by atoms with E-state index in [9.17, 15) is 4.79 Å². The molecular weight excluding hydrogens is 250 g/mol. The Balaban J connectivity index is 1.74. The number of ether oxygens (including phenoxy) is 1. The van der Waals surface area contributed by atoms with E-state index in [-0.39, 0.29) is 0 Å². The third-order valence-corrected chi connectivity index (χ3v) is 4.20. The SMILES string of the molecule is C[C@@H]1CCC[C@@H](C)N1CCCOc1cccc(C=O)c1. The lowest BCUT2D eigenvalue weighted by Gasteiger charge is -2.39. The second-order valence-corrected chi connectivity index (χ2v) is 5.76. The Morgan fingerprint density at radius 2 is 2.05 bits per heavy atom. The average Bonchev–Trinajstić information content (AvgIpc) is 2.46. The topological polar surface area (TPSA) is 29.5 Å². The second-order valence-electron chi connectivity index (χ2n) is 5.76. The Morgan fingerprint density at radius 1 is 1.30 bits per heavy atom. The van der Waals surface area contributed by atoms with Crippen molar-refractivity contribution in [3.05, 3.63) is 29.8 Å². The van der Waals surface area contributed by atoms with Gasteiger partial charge in [-0.15, -0.1) is 0 Å². The minimum Gasteiger partial charge on any atom is -0.494 e. The van der Waals surface area contributed by atoms with E-state index in [2.05, 4.69) is 18.7 Å². The number of carbonyl (C=O) groups is 1. The maximum absolute atomic E-state index is 10.7. The first-order valence-electron chi connectivity index (χ1n) is 7.64. The van der Waals surface area contributed by atoms with Gasteiger partial charge in [-0.25, -0.2) is 0 Å². The van der Waals surface area contributed by atoms with Gasteiger partial charge in [0.05, 0.1) is 6.61 Å². The zero-order valence-electron chi connectivity index (χ0n) is 12.5. The summed E-state index contributed by atoms with van der Waals surface area (Å²) >= 11 is 0. The number of hydrogen-bond acceptors (Lipinski definition) is 3. The molecule has 0 saturated carbocycles. The first-order chi connectivity index (χ1) is 9.70. The fourth-order valence-corrected chi connectivity index (χ4v) is 3.03. The Bertz CT molecular complexity index is 423. The van der Waals surface area contributed by atoms with Crippen LogP contribution < -0.4 is 4.74 Å². The van der Waals surface area contributed by atoms with Gasteiger partial charge in [-0.2, -0.15) is 0 Å². The molecule has 1 fully saturated rings. The number of piperidine rings is 1. The maximum atomic E-state index is 10.7. The van der Waals surface area contributed by atoms with Gasteiger partial charge in [0.2, 0.25) is 0 Å². The fourth-order valence-electron chi connectivity index (χ4n) is 3.03. The summed E-state index contributed by atoms with van der Waals surface area (Å²) in [6, 6.07) is 8.72. The fraction of sp³-hybridized carbons (Fsp3) is 0.588. The van der Waals surface area contributed by atoms with Crippen LogP contribution in [-0.4, -0.2) is 36.4 Å². The first kappa shape index (κ1) is 15.0. The molecule has 0 N–H and O–H groups in total. The Labute approximate surface area is 121 Å². The van der Waals surface area contributed by atoms with Crippen LogP contribution in [0.5, 0.6) is 5.75 Å². The molecule has 20 heavy (non-hydrogen) atoms. The summed E-state index contributed by atoms with van der Waals surface area (Å²) in [5, 5.41) is 0. The summed E-state index contributed by atoms with van der Waals surface area (Å²) in [4.78, 5) is 13.3. The molecule has 0 unspecified atom stereocenters. The highest BCUT2D eigenvalue weighted by atomic mass is 16.5. The molecule has 1 heterocycles.